The topological polar surface area (TPSA) is 77.1 Å². The third-order valence-electron chi connectivity index (χ3n) is 5.95. The van der Waals surface area contributed by atoms with Crippen molar-refractivity contribution in [3.63, 3.8) is 0 Å². The molecule has 2 aromatic carbocycles. The van der Waals surface area contributed by atoms with E-state index < -0.39 is 0 Å². The molecular formula is C25H32N2O5. The smallest absolute Gasteiger partial charge is 0.253 e. The van der Waals surface area contributed by atoms with Crippen molar-refractivity contribution in [2.24, 2.45) is 0 Å². The van der Waals surface area contributed by atoms with E-state index in [4.69, 9.17) is 14.2 Å². The third-order valence-corrected chi connectivity index (χ3v) is 5.95. The minimum atomic E-state index is -0.183. The Balaban J connectivity index is 1.63. The molecule has 0 spiro atoms. The maximum Gasteiger partial charge on any atom is 0.253 e. The Morgan fingerprint density at radius 3 is 2.06 bits per heavy atom. The van der Waals surface area contributed by atoms with Crippen LogP contribution in [0.3, 0.4) is 0 Å². The first-order valence-corrected chi connectivity index (χ1v) is 10.9. The number of anilines is 1. The number of ether oxygens (including phenoxy) is 3. The summed E-state index contributed by atoms with van der Waals surface area (Å²) in [6, 6.07) is 10.9. The summed E-state index contributed by atoms with van der Waals surface area (Å²) in [7, 11) is 6.49. The number of carbonyl (C=O) groups excluding carboxylic acids is 2. The lowest BCUT2D eigenvalue weighted by Crippen LogP contribution is -2.38. The number of hydrogen-bond acceptors (Lipinski definition) is 5. The normalized spacial score (nSPS) is 13.9. The summed E-state index contributed by atoms with van der Waals surface area (Å²) in [6.07, 6.45) is 5.89. The largest absolute Gasteiger partial charge is 0.493 e. The molecule has 7 nitrogen and oxygen atoms in total. The van der Waals surface area contributed by atoms with Crippen LogP contribution in [0.25, 0.3) is 0 Å². The van der Waals surface area contributed by atoms with Gasteiger partial charge in [-0.3, -0.25) is 9.59 Å². The SMILES string of the molecule is COc1cc(CC(=O)Nc2ccc(C(=O)N(C)C3CCCCC3)cc2)cc(OC)c1OC. The Labute approximate surface area is 189 Å². The van der Waals surface area contributed by atoms with Crippen LogP contribution in [0.1, 0.15) is 48.0 Å². The lowest BCUT2D eigenvalue weighted by Gasteiger charge is -2.31. The molecule has 1 aliphatic rings. The molecule has 2 aromatic rings. The van der Waals surface area contributed by atoms with E-state index in [1.54, 1.807) is 36.4 Å². The van der Waals surface area contributed by atoms with E-state index >= 15 is 0 Å². The maximum absolute atomic E-state index is 12.8. The van der Waals surface area contributed by atoms with Gasteiger partial charge >= 0.3 is 0 Å². The van der Waals surface area contributed by atoms with Crippen molar-refractivity contribution in [1.29, 1.82) is 0 Å². The first kappa shape index (κ1) is 23.4. The van der Waals surface area contributed by atoms with E-state index in [1.165, 1.54) is 40.6 Å². The van der Waals surface area contributed by atoms with E-state index in [1.807, 2.05) is 11.9 Å². The fourth-order valence-corrected chi connectivity index (χ4v) is 4.16. The highest BCUT2D eigenvalue weighted by Crippen LogP contribution is 2.38. The predicted molar refractivity (Wildman–Crippen MR) is 124 cm³/mol. The van der Waals surface area contributed by atoms with Gasteiger partial charge in [0.2, 0.25) is 11.7 Å². The number of rotatable bonds is 8. The van der Waals surface area contributed by atoms with Crippen LogP contribution in [-0.2, 0) is 11.2 Å². The number of amides is 2. The molecule has 1 N–H and O–H groups in total. The predicted octanol–water partition coefficient (Wildman–Crippen LogP) is 4.30. The van der Waals surface area contributed by atoms with Gasteiger partial charge in [-0.05, 0) is 54.8 Å². The molecular weight excluding hydrogens is 408 g/mol. The second-order valence-electron chi connectivity index (χ2n) is 8.04. The van der Waals surface area contributed by atoms with Crippen molar-refractivity contribution in [2.75, 3.05) is 33.7 Å². The summed E-state index contributed by atoms with van der Waals surface area (Å²) in [5, 5.41) is 2.88. The number of benzene rings is 2. The highest BCUT2D eigenvalue weighted by atomic mass is 16.5. The van der Waals surface area contributed by atoms with Gasteiger partial charge in [0.15, 0.2) is 11.5 Å². The summed E-state index contributed by atoms with van der Waals surface area (Å²) in [5.74, 6) is 1.32. The molecule has 0 bridgehead atoms. The van der Waals surface area contributed by atoms with E-state index in [9.17, 15) is 9.59 Å². The van der Waals surface area contributed by atoms with E-state index in [0.717, 1.165) is 18.4 Å². The second-order valence-corrected chi connectivity index (χ2v) is 8.04. The quantitative estimate of drug-likeness (QED) is 0.662. The van der Waals surface area contributed by atoms with Gasteiger partial charge in [-0.2, -0.15) is 0 Å². The van der Waals surface area contributed by atoms with Gasteiger partial charge < -0.3 is 24.4 Å². The zero-order valence-corrected chi connectivity index (χ0v) is 19.3. The van der Waals surface area contributed by atoms with Crippen molar-refractivity contribution >= 4 is 17.5 Å². The number of nitrogens with one attached hydrogen (secondary N) is 1. The van der Waals surface area contributed by atoms with Crippen LogP contribution >= 0.6 is 0 Å². The summed E-state index contributed by atoms with van der Waals surface area (Å²) in [4.78, 5) is 27.2. The van der Waals surface area contributed by atoms with Gasteiger partial charge in [-0.15, -0.1) is 0 Å². The number of methoxy groups -OCH3 is 3. The Hall–Kier alpha value is -3.22. The van der Waals surface area contributed by atoms with Crippen molar-refractivity contribution in [2.45, 2.75) is 44.6 Å². The molecule has 2 amide bonds. The first-order chi connectivity index (χ1) is 15.5. The molecule has 1 aliphatic carbocycles. The molecule has 0 heterocycles. The van der Waals surface area contributed by atoms with Crippen molar-refractivity contribution < 1.29 is 23.8 Å². The fourth-order valence-electron chi connectivity index (χ4n) is 4.16. The summed E-state index contributed by atoms with van der Waals surface area (Å²) >= 11 is 0. The number of hydrogen-bond donors (Lipinski definition) is 1. The van der Waals surface area contributed by atoms with Crippen LogP contribution in [0.4, 0.5) is 5.69 Å². The van der Waals surface area contributed by atoms with Gasteiger partial charge in [0.1, 0.15) is 0 Å². The molecule has 1 saturated carbocycles. The Kier molecular flexibility index (Phi) is 7.98. The van der Waals surface area contributed by atoms with Crippen molar-refractivity contribution in [3.05, 3.63) is 47.5 Å². The monoisotopic (exact) mass is 440 g/mol. The average molecular weight is 441 g/mol. The van der Waals surface area contributed by atoms with E-state index in [2.05, 4.69) is 5.32 Å². The molecule has 0 unspecified atom stereocenters. The van der Waals surface area contributed by atoms with Crippen LogP contribution in [0.2, 0.25) is 0 Å². The van der Waals surface area contributed by atoms with Gasteiger partial charge in [-0.1, -0.05) is 19.3 Å². The lowest BCUT2D eigenvalue weighted by molar-refractivity contribution is -0.115. The minimum absolute atomic E-state index is 0.0206. The highest BCUT2D eigenvalue weighted by molar-refractivity contribution is 5.96. The van der Waals surface area contributed by atoms with Crippen molar-refractivity contribution in [3.8, 4) is 17.2 Å². The van der Waals surface area contributed by atoms with Crippen LogP contribution in [0, 0.1) is 0 Å². The Morgan fingerprint density at radius 2 is 1.53 bits per heavy atom. The minimum Gasteiger partial charge on any atom is -0.493 e. The number of carbonyl (C=O) groups is 2. The van der Waals surface area contributed by atoms with E-state index in [0.29, 0.717) is 34.5 Å². The summed E-state index contributed by atoms with van der Waals surface area (Å²) in [6.45, 7) is 0. The molecule has 0 aromatic heterocycles. The van der Waals surface area contributed by atoms with Gasteiger partial charge in [0.05, 0.1) is 27.8 Å². The van der Waals surface area contributed by atoms with Crippen LogP contribution in [0.5, 0.6) is 17.2 Å². The molecule has 0 saturated heterocycles. The Bertz CT molecular complexity index is 911. The average Bonchev–Trinajstić information content (AvgIpc) is 2.83. The number of nitrogens with zero attached hydrogens (tertiary/aromatic N) is 1. The van der Waals surface area contributed by atoms with Crippen molar-refractivity contribution in [1.82, 2.24) is 4.90 Å². The van der Waals surface area contributed by atoms with Gasteiger partial charge in [0.25, 0.3) is 5.91 Å². The van der Waals surface area contributed by atoms with Gasteiger partial charge in [0, 0.05) is 24.3 Å². The molecule has 172 valence electrons. The van der Waals surface area contributed by atoms with E-state index in [-0.39, 0.29) is 18.2 Å². The lowest BCUT2D eigenvalue weighted by atomic mass is 9.94. The second kappa shape index (κ2) is 10.9. The molecule has 32 heavy (non-hydrogen) atoms. The fraction of sp³-hybridized carbons (Fsp3) is 0.440. The highest BCUT2D eigenvalue weighted by Gasteiger charge is 2.23. The molecule has 1 fully saturated rings. The van der Waals surface area contributed by atoms with Crippen LogP contribution in [0.15, 0.2) is 36.4 Å². The first-order valence-electron chi connectivity index (χ1n) is 10.9. The molecule has 3 rings (SSSR count). The zero-order valence-electron chi connectivity index (χ0n) is 19.3. The standard InChI is InChI=1S/C25H32N2O5/c1-27(20-8-6-5-7-9-20)25(29)18-10-12-19(13-11-18)26-23(28)16-17-14-21(30-2)24(32-4)22(15-17)31-3/h10-15,20H,5-9,16H2,1-4H3,(H,26,28). The zero-order chi connectivity index (χ0) is 23.1. The Morgan fingerprint density at radius 1 is 0.938 bits per heavy atom. The maximum atomic E-state index is 12.8. The molecule has 0 radical (unpaired) electrons. The molecule has 0 aliphatic heterocycles. The molecule has 0 atom stereocenters. The van der Waals surface area contributed by atoms with Gasteiger partial charge in [-0.25, -0.2) is 0 Å². The summed E-state index contributed by atoms with van der Waals surface area (Å²) < 4.78 is 16.0. The van der Waals surface area contributed by atoms with Crippen LogP contribution in [-0.4, -0.2) is 51.1 Å². The molecule has 7 heteroatoms. The third kappa shape index (κ3) is 5.52. The van der Waals surface area contributed by atoms with Crippen LogP contribution < -0.4 is 19.5 Å². The summed E-state index contributed by atoms with van der Waals surface area (Å²) in [5.41, 5.74) is 2.00.